The van der Waals surface area contributed by atoms with E-state index in [1.54, 1.807) is 0 Å². The fraction of sp³-hybridized carbons (Fsp3) is 0.417. The molecule has 0 aromatic carbocycles. The zero-order valence-corrected chi connectivity index (χ0v) is 12.6. The van der Waals surface area contributed by atoms with Gasteiger partial charge in [-0.15, -0.1) is 11.8 Å². The molecule has 114 valence electrons. The number of aromatic nitrogens is 1. The Balaban J connectivity index is 1.90. The Morgan fingerprint density at radius 2 is 2.24 bits per heavy atom. The standard InChI is InChI=1S/C12H14N2O5S2/c15-11(6-20-8-2-4-21(18,19)7-8)14-10-5-13-3-1-9(10)12(16)17/h1,3,5,8H,2,4,6-7H2,(H,14,15)(H,16,17). The van der Waals surface area contributed by atoms with Gasteiger partial charge in [-0.3, -0.25) is 9.78 Å². The molecule has 0 aliphatic carbocycles. The summed E-state index contributed by atoms with van der Waals surface area (Å²) in [7, 11) is -2.96. The summed E-state index contributed by atoms with van der Waals surface area (Å²) in [5, 5.41) is 11.4. The van der Waals surface area contributed by atoms with Crippen molar-refractivity contribution in [1.29, 1.82) is 0 Å². The van der Waals surface area contributed by atoms with Crippen LogP contribution in [0, 0.1) is 0 Å². The number of carbonyl (C=O) groups is 2. The number of amides is 1. The molecule has 0 bridgehead atoms. The molecule has 2 N–H and O–H groups in total. The Labute approximate surface area is 126 Å². The van der Waals surface area contributed by atoms with Gasteiger partial charge in [0, 0.05) is 11.4 Å². The third kappa shape index (κ3) is 4.43. The maximum absolute atomic E-state index is 11.8. The predicted octanol–water partition coefficient (Wildman–Crippen LogP) is 0.639. The minimum Gasteiger partial charge on any atom is -0.478 e. The van der Waals surface area contributed by atoms with Gasteiger partial charge in [0.1, 0.15) is 0 Å². The monoisotopic (exact) mass is 330 g/mol. The molecule has 0 spiro atoms. The molecule has 2 rings (SSSR count). The average molecular weight is 330 g/mol. The molecule has 1 amide bonds. The first-order valence-corrected chi connectivity index (χ1v) is 9.03. The number of pyridine rings is 1. The second kappa shape index (κ2) is 6.44. The number of nitrogens with zero attached hydrogens (tertiary/aromatic N) is 1. The molecule has 2 heterocycles. The van der Waals surface area contributed by atoms with E-state index in [4.69, 9.17) is 5.11 Å². The zero-order valence-electron chi connectivity index (χ0n) is 11.0. The molecule has 1 unspecified atom stereocenters. The van der Waals surface area contributed by atoms with Crippen LogP contribution < -0.4 is 5.32 Å². The maximum Gasteiger partial charge on any atom is 0.337 e. The van der Waals surface area contributed by atoms with Crippen LogP contribution in [-0.2, 0) is 14.6 Å². The van der Waals surface area contributed by atoms with Crippen molar-refractivity contribution >= 4 is 39.2 Å². The van der Waals surface area contributed by atoms with Crippen LogP contribution in [0.5, 0.6) is 0 Å². The maximum atomic E-state index is 11.8. The van der Waals surface area contributed by atoms with Crippen LogP contribution in [0.25, 0.3) is 0 Å². The van der Waals surface area contributed by atoms with Crippen molar-refractivity contribution < 1.29 is 23.1 Å². The van der Waals surface area contributed by atoms with Crippen LogP contribution in [0.3, 0.4) is 0 Å². The highest BCUT2D eigenvalue weighted by molar-refractivity contribution is 8.02. The van der Waals surface area contributed by atoms with Crippen molar-refractivity contribution in [2.75, 3.05) is 22.6 Å². The number of anilines is 1. The third-order valence-corrected chi connectivity index (χ3v) is 6.25. The average Bonchev–Trinajstić information content (AvgIpc) is 2.76. The number of carboxylic acid groups (broad SMARTS) is 1. The minimum absolute atomic E-state index is 0.0354. The van der Waals surface area contributed by atoms with E-state index >= 15 is 0 Å². The van der Waals surface area contributed by atoms with Crippen molar-refractivity contribution in [3.8, 4) is 0 Å². The van der Waals surface area contributed by atoms with E-state index in [1.165, 1.54) is 30.2 Å². The number of sulfone groups is 1. The highest BCUT2D eigenvalue weighted by Gasteiger charge is 2.28. The molecular weight excluding hydrogens is 316 g/mol. The largest absolute Gasteiger partial charge is 0.478 e. The number of nitrogens with one attached hydrogen (secondary N) is 1. The Morgan fingerprint density at radius 1 is 1.48 bits per heavy atom. The summed E-state index contributed by atoms with van der Waals surface area (Å²) in [4.78, 5) is 26.6. The van der Waals surface area contributed by atoms with E-state index in [1.807, 2.05) is 0 Å². The second-order valence-corrected chi connectivity index (χ2v) is 8.13. The molecule has 1 atom stereocenters. The Kier molecular flexibility index (Phi) is 4.84. The van der Waals surface area contributed by atoms with Gasteiger partial charge < -0.3 is 10.4 Å². The SMILES string of the molecule is O=C(CSC1CCS(=O)(=O)C1)Nc1cnccc1C(=O)O. The Morgan fingerprint density at radius 3 is 2.86 bits per heavy atom. The number of carbonyl (C=O) groups excluding carboxylic acids is 1. The third-order valence-electron chi connectivity index (χ3n) is 2.97. The summed E-state index contributed by atoms with van der Waals surface area (Å²) in [5.74, 6) is -1.19. The Hall–Kier alpha value is -1.61. The van der Waals surface area contributed by atoms with Crippen LogP contribution in [0.4, 0.5) is 5.69 Å². The van der Waals surface area contributed by atoms with E-state index < -0.39 is 15.8 Å². The van der Waals surface area contributed by atoms with Crippen molar-refractivity contribution in [1.82, 2.24) is 4.98 Å². The summed E-state index contributed by atoms with van der Waals surface area (Å²) in [6.45, 7) is 0. The molecule has 1 aliphatic heterocycles. The van der Waals surface area contributed by atoms with Gasteiger partial charge >= 0.3 is 5.97 Å². The van der Waals surface area contributed by atoms with Crippen molar-refractivity contribution in [3.05, 3.63) is 24.0 Å². The number of aromatic carboxylic acids is 1. The lowest BCUT2D eigenvalue weighted by Crippen LogP contribution is -2.19. The molecule has 9 heteroatoms. The first-order chi connectivity index (χ1) is 9.87. The zero-order chi connectivity index (χ0) is 15.5. The van der Waals surface area contributed by atoms with Crippen LogP contribution in [0.1, 0.15) is 16.8 Å². The lowest BCUT2D eigenvalue weighted by molar-refractivity contribution is -0.113. The molecule has 1 fully saturated rings. The summed E-state index contributed by atoms with van der Waals surface area (Å²) in [5.41, 5.74) is 0.0986. The highest BCUT2D eigenvalue weighted by Crippen LogP contribution is 2.24. The van der Waals surface area contributed by atoms with Crippen molar-refractivity contribution in [2.24, 2.45) is 0 Å². The van der Waals surface area contributed by atoms with Crippen molar-refractivity contribution in [3.63, 3.8) is 0 Å². The number of carboxylic acids is 1. The van der Waals surface area contributed by atoms with E-state index in [9.17, 15) is 18.0 Å². The first-order valence-electron chi connectivity index (χ1n) is 6.16. The lowest BCUT2D eigenvalue weighted by Gasteiger charge is -2.09. The van der Waals surface area contributed by atoms with Crippen molar-refractivity contribution in [2.45, 2.75) is 11.7 Å². The quantitative estimate of drug-likeness (QED) is 0.814. The number of hydrogen-bond acceptors (Lipinski definition) is 6. The van der Waals surface area contributed by atoms with Gasteiger partial charge in [0.25, 0.3) is 0 Å². The summed E-state index contributed by atoms with van der Waals surface area (Å²) >= 11 is 1.27. The van der Waals surface area contributed by atoms with Gasteiger partial charge in [0.05, 0.1) is 34.7 Å². The summed E-state index contributed by atoms with van der Waals surface area (Å²) < 4.78 is 22.6. The van der Waals surface area contributed by atoms with Gasteiger partial charge in [-0.1, -0.05) is 0 Å². The van der Waals surface area contributed by atoms with Crippen LogP contribution in [0.2, 0.25) is 0 Å². The smallest absolute Gasteiger partial charge is 0.337 e. The van der Waals surface area contributed by atoms with Crippen LogP contribution >= 0.6 is 11.8 Å². The van der Waals surface area contributed by atoms with Crippen LogP contribution in [0.15, 0.2) is 18.5 Å². The molecule has 1 aliphatic rings. The highest BCUT2D eigenvalue weighted by atomic mass is 32.2. The molecule has 1 saturated heterocycles. The predicted molar refractivity (Wildman–Crippen MR) is 79.3 cm³/mol. The van der Waals surface area contributed by atoms with E-state index in [0.29, 0.717) is 6.42 Å². The molecule has 1 aromatic heterocycles. The molecule has 0 saturated carbocycles. The summed E-state index contributed by atoms with van der Waals surface area (Å²) in [6, 6.07) is 1.30. The molecule has 1 aromatic rings. The fourth-order valence-corrected chi connectivity index (χ4v) is 5.40. The second-order valence-electron chi connectivity index (χ2n) is 4.61. The van der Waals surface area contributed by atoms with E-state index in [2.05, 4.69) is 10.3 Å². The first kappa shape index (κ1) is 15.8. The van der Waals surface area contributed by atoms with Gasteiger partial charge in [-0.25, -0.2) is 13.2 Å². The Bertz CT molecular complexity index is 659. The number of rotatable bonds is 5. The lowest BCUT2D eigenvalue weighted by atomic mass is 10.2. The van der Waals surface area contributed by atoms with E-state index in [0.717, 1.165) is 0 Å². The topological polar surface area (TPSA) is 113 Å². The van der Waals surface area contributed by atoms with Gasteiger partial charge in [0.2, 0.25) is 5.91 Å². The van der Waals surface area contributed by atoms with Gasteiger partial charge in [-0.2, -0.15) is 0 Å². The van der Waals surface area contributed by atoms with Gasteiger partial charge in [0.15, 0.2) is 9.84 Å². The molecule has 7 nitrogen and oxygen atoms in total. The number of hydrogen-bond donors (Lipinski definition) is 2. The molecule has 0 radical (unpaired) electrons. The van der Waals surface area contributed by atoms with Crippen LogP contribution in [-0.4, -0.2) is 52.9 Å². The number of thioether (sulfide) groups is 1. The molecule has 21 heavy (non-hydrogen) atoms. The molecular formula is C12H14N2O5S2. The van der Waals surface area contributed by atoms with Gasteiger partial charge in [-0.05, 0) is 12.5 Å². The summed E-state index contributed by atoms with van der Waals surface area (Å²) in [6.07, 6.45) is 3.15. The fourth-order valence-electron chi connectivity index (χ4n) is 1.95. The minimum atomic E-state index is -2.96. The van der Waals surface area contributed by atoms with E-state index in [-0.39, 0.29) is 39.7 Å². The normalized spacial score (nSPS) is 20.1.